The smallest absolute Gasteiger partial charge is 0.257 e. The number of para-hydroxylation sites is 1. The highest BCUT2D eigenvalue weighted by Gasteiger charge is 2.07. The maximum absolute atomic E-state index is 11.8. The van der Waals surface area contributed by atoms with Gasteiger partial charge in [0.05, 0.1) is 0 Å². The minimum atomic E-state index is -0.100. The molecular weight excluding hydrogens is 324 g/mol. The molecule has 0 saturated heterocycles. The Balaban J connectivity index is 0.00000288. The average Bonchev–Trinajstić information content (AvgIpc) is 2.59. The van der Waals surface area contributed by atoms with Crippen molar-refractivity contribution in [2.75, 3.05) is 19.7 Å². The van der Waals surface area contributed by atoms with Gasteiger partial charge in [-0.25, -0.2) is 0 Å². The highest BCUT2D eigenvalue weighted by molar-refractivity contribution is 5.85. The van der Waals surface area contributed by atoms with E-state index in [2.05, 4.69) is 17.4 Å². The predicted octanol–water partition coefficient (Wildman–Crippen LogP) is 2.93. The number of halogens is 1. The van der Waals surface area contributed by atoms with Gasteiger partial charge in [0.2, 0.25) is 0 Å². The fraction of sp³-hybridized carbons (Fsp3) is 0.316. The maximum atomic E-state index is 11.8. The van der Waals surface area contributed by atoms with Crippen molar-refractivity contribution >= 4 is 18.3 Å². The Bertz CT molecular complexity index is 605. The second kappa shape index (κ2) is 11.5. The van der Waals surface area contributed by atoms with Crippen LogP contribution >= 0.6 is 12.4 Å². The van der Waals surface area contributed by atoms with E-state index in [9.17, 15) is 4.79 Å². The van der Waals surface area contributed by atoms with Crippen molar-refractivity contribution in [3.63, 3.8) is 0 Å². The van der Waals surface area contributed by atoms with E-state index in [-0.39, 0.29) is 24.9 Å². The first-order chi connectivity index (χ1) is 11.3. The molecule has 0 aliphatic rings. The molecule has 4 nitrogen and oxygen atoms in total. The van der Waals surface area contributed by atoms with Crippen LogP contribution in [0.25, 0.3) is 0 Å². The summed E-state index contributed by atoms with van der Waals surface area (Å²) in [6.45, 7) is 1.33. The largest absolute Gasteiger partial charge is 0.483 e. The zero-order valence-corrected chi connectivity index (χ0v) is 14.6. The van der Waals surface area contributed by atoms with Crippen LogP contribution in [0.15, 0.2) is 54.6 Å². The number of carbonyl (C=O) groups excluding carboxylic acids is 1. The summed E-state index contributed by atoms with van der Waals surface area (Å²) in [6.07, 6.45) is 2.60. The van der Waals surface area contributed by atoms with Gasteiger partial charge in [0.25, 0.3) is 5.91 Å². The highest BCUT2D eigenvalue weighted by atomic mass is 35.5. The van der Waals surface area contributed by atoms with Crippen LogP contribution in [0.3, 0.4) is 0 Å². The van der Waals surface area contributed by atoms with Crippen LogP contribution in [0.5, 0.6) is 5.75 Å². The summed E-state index contributed by atoms with van der Waals surface area (Å²) in [5, 5.41) is 2.84. The van der Waals surface area contributed by atoms with Crippen LogP contribution in [0.1, 0.15) is 24.0 Å². The molecule has 0 radical (unpaired) electrons. The van der Waals surface area contributed by atoms with E-state index in [4.69, 9.17) is 10.5 Å². The van der Waals surface area contributed by atoms with Crippen LogP contribution in [-0.2, 0) is 11.2 Å². The zero-order chi connectivity index (χ0) is 16.3. The van der Waals surface area contributed by atoms with Gasteiger partial charge in [0.15, 0.2) is 6.61 Å². The molecule has 1 amide bonds. The van der Waals surface area contributed by atoms with Crippen molar-refractivity contribution in [3.8, 4) is 5.75 Å². The summed E-state index contributed by atoms with van der Waals surface area (Å²) >= 11 is 0. The molecule has 5 heteroatoms. The number of nitrogens with two attached hydrogens (primary N) is 1. The lowest BCUT2D eigenvalue weighted by molar-refractivity contribution is -0.123. The minimum absolute atomic E-state index is 0. The van der Waals surface area contributed by atoms with Gasteiger partial charge in [-0.1, -0.05) is 48.5 Å². The van der Waals surface area contributed by atoms with Crippen LogP contribution in [-0.4, -0.2) is 25.6 Å². The average molecular weight is 349 g/mol. The third-order valence-electron chi connectivity index (χ3n) is 3.52. The predicted molar refractivity (Wildman–Crippen MR) is 99.7 cm³/mol. The second-order valence-corrected chi connectivity index (χ2v) is 5.40. The number of nitrogens with one attached hydrogen (secondary N) is 1. The number of carbonyl (C=O) groups is 1. The van der Waals surface area contributed by atoms with Crippen LogP contribution in [0.4, 0.5) is 0 Å². The van der Waals surface area contributed by atoms with Gasteiger partial charge >= 0.3 is 0 Å². The van der Waals surface area contributed by atoms with E-state index in [0.717, 1.165) is 30.6 Å². The van der Waals surface area contributed by atoms with Crippen molar-refractivity contribution in [2.24, 2.45) is 5.73 Å². The third-order valence-corrected chi connectivity index (χ3v) is 3.52. The van der Waals surface area contributed by atoms with Crippen molar-refractivity contribution < 1.29 is 9.53 Å². The van der Waals surface area contributed by atoms with Crippen molar-refractivity contribution in [2.45, 2.75) is 19.3 Å². The lowest BCUT2D eigenvalue weighted by atomic mass is 10.0. The molecule has 0 aliphatic carbocycles. The van der Waals surface area contributed by atoms with E-state index in [1.807, 2.05) is 42.5 Å². The van der Waals surface area contributed by atoms with E-state index >= 15 is 0 Å². The Morgan fingerprint density at radius 3 is 2.46 bits per heavy atom. The van der Waals surface area contributed by atoms with Gasteiger partial charge in [0, 0.05) is 13.0 Å². The Labute approximate surface area is 149 Å². The quantitative estimate of drug-likeness (QED) is 0.685. The summed E-state index contributed by atoms with van der Waals surface area (Å²) in [5.74, 6) is 0.657. The summed E-state index contributed by atoms with van der Waals surface area (Å²) in [6, 6.07) is 18.0. The number of rotatable bonds is 9. The summed E-state index contributed by atoms with van der Waals surface area (Å²) in [4.78, 5) is 11.8. The molecule has 2 aromatic rings. The third kappa shape index (κ3) is 7.02. The first-order valence-electron chi connectivity index (χ1n) is 8.01. The fourth-order valence-corrected chi connectivity index (χ4v) is 2.30. The van der Waals surface area contributed by atoms with Gasteiger partial charge in [-0.15, -0.1) is 12.4 Å². The first-order valence-corrected chi connectivity index (χ1v) is 8.01. The molecule has 2 aromatic carbocycles. The molecule has 0 heterocycles. The molecule has 0 aromatic heterocycles. The fourth-order valence-electron chi connectivity index (χ4n) is 2.30. The van der Waals surface area contributed by atoms with E-state index < -0.39 is 0 Å². The van der Waals surface area contributed by atoms with Gasteiger partial charge in [0.1, 0.15) is 5.75 Å². The van der Waals surface area contributed by atoms with Crippen molar-refractivity contribution in [3.05, 3.63) is 65.7 Å². The van der Waals surface area contributed by atoms with E-state index in [1.165, 1.54) is 5.56 Å². The standard InChI is InChI=1S/C19H24N2O2.ClH/c20-12-6-7-13-21-19(22)15-23-18-11-5-4-10-17(18)14-16-8-2-1-3-9-16;/h1-5,8-11H,6-7,12-15,20H2,(H,21,22);1H. The topological polar surface area (TPSA) is 64.3 Å². The number of hydrogen-bond donors (Lipinski definition) is 2. The van der Waals surface area contributed by atoms with Gasteiger partial charge in [-0.3, -0.25) is 4.79 Å². The zero-order valence-electron chi connectivity index (χ0n) is 13.7. The van der Waals surface area contributed by atoms with Crippen LogP contribution in [0, 0.1) is 0 Å². The van der Waals surface area contributed by atoms with E-state index in [1.54, 1.807) is 0 Å². The highest BCUT2D eigenvalue weighted by Crippen LogP contribution is 2.21. The van der Waals surface area contributed by atoms with E-state index in [0.29, 0.717) is 13.1 Å². The Hall–Kier alpha value is -2.04. The molecule has 0 fully saturated rings. The maximum Gasteiger partial charge on any atom is 0.257 e. The number of unbranched alkanes of at least 4 members (excludes halogenated alkanes) is 1. The van der Waals surface area contributed by atoms with Crippen LogP contribution in [0.2, 0.25) is 0 Å². The molecule has 24 heavy (non-hydrogen) atoms. The summed E-state index contributed by atoms with van der Waals surface area (Å²) in [5.41, 5.74) is 7.72. The molecule has 3 N–H and O–H groups in total. The second-order valence-electron chi connectivity index (χ2n) is 5.40. The lowest BCUT2D eigenvalue weighted by Crippen LogP contribution is -2.30. The molecule has 0 spiro atoms. The van der Waals surface area contributed by atoms with Crippen molar-refractivity contribution in [1.82, 2.24) is 5.32 Å². The van der Waals surface area contributed by atoms with Gasteiger partial charge < -0.3 is 15.8 Å². The van der Waals surface area contributed by atoms with Crippen LogP contribution < -0.4 is 15.8 Å². The monoisotopic (exact) mass is 348 g/mol. The molecule has 0 saturated carbocycles. The first kappa shape index (κ1) is 20.0. The summed E-state index contributed by atoms with van der Waals surface area (Å²) in [7, 11) is 0. The Morgan fingerprint density at radius 2 is 1.71 bits per heavy atom. The number of hydrogen-bond acceptors (Lipinski definition) is 3. The Kier molecular flexibility index (Phi) is 9.58. The normalized spacial score (nSPS) is 9.88. The van der Waals surface area contributed by atoms with Gasteiger partial charge in [-0.2, -0.15) is 0 Å². The molecule has 0 aliphatic heterocycles. The molecule has 0 bridgehead atoms. The summed E-state index contributed by atoms with van der Waals surface area (Å²) < 4.78 is 5.69. The number of ether oxygens (including phenoxy) is 1. The van der Waals surface area contributed by atoms with Crippen molar-refractivity contribution in [1.29, 1.82) is 0 Å². The molecule has 0 unspecified atom stereocenters. The Morgan fingerprint density at radius 1 is 1.00 bits per heavy atom. The molecule has 130 valence electrons. The molecule has 0 atom stereocenters. The molecule has 2 rings (SSSR count). The number of amides is 1. The molecular formula is C19H25ClN2O2. The lowest BCUT2D eigenvalue weighted by Gasteiger charge is -2.11. The van der Waals surface area contributed by atoms with Gasteiger partial charge in [-0.05, 0) is 36.6 Å². The minimum Gasteiger partial charge on any atom is -0.483 e. The SMILES string of the molecule is Cl.NCCCCNC(=O)COc1ccccc1Cc1ccccc1. The number of benzene rings is 2.